The summed E-state index contributed by atoms with van der Waals surface area (Å²) in [4.78, 5) is 65.2. The van der Waals surface area contributed by atoms with Crippen LogP contribution in [-0.2, 0) is 42.9 Å². The van der Waals surface area contributed by atoms with Crippen molar-refractivity contribution >= 4 is 29.5 Å². The Morgan fingerprint density at radius 3 is 1.93 bits per heavy atom. The third-order valence-corrected chi connectivity index (χ3v) is 7.90. The monoisotopic (exact) mass is 562 g/mol. The topological polar surface area (TPSA) is 122 Å². The van der Waals surface area contributed by atoms with Gasteiger partial charge in [-0.1, -0.05) is 53.3 Å². The smallest absolute Gasteiger partial charge is 0.303 e. The summed E-state index contributed by atoms with van der Waals surface area (Å²) in [7, 11) is 0. The van der Waals surface area contributed by atoms with Crippen molar-refractivity contribution in [2.45, 2.75) is 100 Å². The summed E-state index contributed by atoms with van der Waals surface area (Å²) in [6.07, 6.45) is -0.934. The number of Topliss-reactive ketones (excluding diaryl/α,β-unsaturated/α-hetero) is 2. The Labute approximate surface area is 238 Å². The van der Waals surface area contributed by atoms with Crippen LogP contribution >= 0.6 is 0 Å². The van der Waals surface area contributed by atoms with Crippen molar-refractivity contribution in [1.82, 2.24) is 0 Å². The molecule has 9 heteroatoms. The first kappa shape index (κ1) is 33.4. The highest BCUT2D eigenvalue weighted by molar-refractivity contribution is 5.92. The molecule has 9 nitrogen and oxygen atoms in total. The molecule has 0 heterocycles. The third-order valence-electron chi connectivity index (χ3n) is 7.90. The van der Waals surface area contributed by atoms with Crippen molar-refractivity contribution in [3.63, 3.8) is 0 Å². The molecule has 0 radical (unpaired) electrons. The molecule has 0 unspecified atom stereocenters. The van der Waals surface area contributed by atoms with E-state index in [2.05, 4.69) is 6.58 Å². The molecule has 224 valence electrons. The molecule has 0 aromatic heterocycles. The van der Waals surface area contributed by atoms with E-state index in [1.165, 1.54) is 20.8 Å². The van der Waals surface area contributed by atoms with Crippen LogP contribution in [-0.4, -0.2) is 60.5 Å². The average molecular weight is 563 g/mol. The Kier molecular flexibility index (Phi) is 10.7. The number of ketones is 2. The number of hydrogen-bond donors (Lipinski definition) is 0. The maximum absolute atomic E-state index is 14.1. The third kappa shape index (κ3) is 7.28. The molecule has 0 bridgehead atoms. The first-order valence-electron chi connectivity index (χ1n) is 13.9. The summed E-state index contributed by atoms with van der Waals surface area (Å²) in [5, 5.41) is 0. The molecule has 0 aromatic rings. The van der Waals surface area contributed by atoms with E-state index in [0.717, 1.165) is 0 Å². The summed E-state index contributed by atoms with van der Waals surface area (Å²) in [5.74, 6) is -4.14. The van der Waals surface area contributed by atoms with Crippen LogP contribution in [0.1, 0.15) is 75.7 Å². The Bertz CT molecular complexity index is 1060. The molecule has 40 heavy (non-hydrogen) atoms. The molecule has 1 saturated carbocycles. The van der Waals surface area contributed by atoms with Gasteiger partial charge in [0.15, 0.2) is 18.0 Å². The molecule has 8 atom stereocenters. The van der Waals surface area contributed by atoms with Gasteiger partial charge >= 0.3 is 17.9 Å². The standard InChI is InChI=1S/C31H46O9/c1-16(2)15-37-27-26(40-22(8)34)19(5)25(39-21(7)33)23-24(38-20(6)32)18(4)14-31(23,11)28(35)17(3)12-13-30(9,10)29(27)36/h12-13,16-18,23-27H,5,14-15H2,1-4,6-11H3/t17-,18+,23-,24+,25+,26+,27-,31+/m1/s1. The zero-order valence-corrected chi connectivity index (χ0v) is 25.6. The predicted molar refractivity (Wildman–Crippen MR) is 148 cm³/mol. The second kappa shape index (κ2) is 12.8. The first-order chi connectivity index (χ1) is 18.3. The van der Waals surface area contributed by atoms with Crippen LogP contribution in [0.2, 0.25) is 0 Å². The predicted octanol–water partition coefficient (Wildman–Crippen LogP) is 4.41. The van der Waals surface area contributed by atoms with Gasteiger partial charge in [-0.2, -0.15) is 0 Å². The van der Waals surface area contributed by atoms with Gasteiger partial charge in [-0.05, 0) is 32.1 Å². The lowest BCUT2D eigenvalue weighted by Gasteiger charge is -2.42. The van der Waals surface area contributed by atoms with E-state index in [1.54, 1.807) is 39.8 Å². The SMILES string of the molecule is C=C1[C@H](OC(C)=O)[C@H]2[C@@H](OC(C)=O)[C@@H](C)C[C@]2(C)C(=O)[C@H](C)C=CC(C)(C)C(=O)[C@H](OCC(C)C)[C@H]1OC(C)=O. The highest BCUT2D eigenvalue weighted by atomic mass is 16.6. The van der Waals surface area contributed by atoms with Gasteiger partial charge in [-0.15, -0.1) is 0 Å². The maximum atomic E-state index is 14.1. The van der Waals surface area contributed by atoms with Gasteiger partial charge in [0.2, 0.25) is 0 Å². The number of ether oxygens (including phenoxy) is 4. The van der Waals surface area contributed by atoms with Gasteiger partial charge in [-0.25, -0.2) is 0 Å². The minimum atomic E-state index is -1.34. The Morgan fingerprint density at radius 1 is 0.900 bits per heavy atom. The lowest BCUT2D eigenvalue weighted by Crippen LogP contribution is -2.53. The van der Waals surface area contributed by atoms with Crippen LogP contribution in [0.25, 0.3) is 0 Å². The van der Waals surface area contributed by atoms with Gasteiger partial charge in [0.1, 0.15) is 18.0 Å². The van der Waals surface area contributed by atoms with E-state index in [9.17, 15) is 24.0 Å². The number of carbonyl (C=O) groups excluding carboxylic acids is 5. The van der Waals surface area contributed by atoms with Crippen molar-refractivity contribution in [1.29, 1.82) is 0 Å². The molecule has 2 aliphatic carbocycles. The summed E-state index contributed by atoms with van der Waals surface area (Å²) in [5.41, 5.74) is -2.14. The molecule has 0 N–H and O–H groups in total. The summed E-state index contributed by atoms with van der Waals surface area (Å²) in [6, 6.07) is 0. The molecule has 0 spiro atoms. The van der Waals surface area contributed by atoms with Crippen molar-refractivity contribution in [2.75, 3.05) is 6.61 Å². The zero-order valence-electron chi connectivity index (χ0n) is 25.6. The second-order valence-electron chi connectivity index (χ2n) is 12.6. The molecule has 2 rings (SSSR count). The second-order valence-corrected chi connectivity index (χ2v) is 12.6. The fourth-order valence-corrected chi connectivity index (χ4v) is 6.06. The van der Waals surface area contributed by atoms with Crippen molar-refractivity contribution in [3.05, 3.63) is 24.3 Å². The maximum Gasteiger partial charge on any atom is 0.303 e. The first-order valence-corrected chi connectivity index (χ1v) is 13.9. The van der Waals surface area contributed by atoms with E-state index >= 15 is 0 Å². The summed E-state index contributed by atoms with van der Waals surface area (Å²) in [6.45, 7) is 20.7. The van der Waals surface area contributed by atoms with E-state index in [-0.39, 0.29) is 29.8 Å². The minimum Gasteiger partial charge on any atom is -0.462 e. The normalized spacial score (nSPS) is 34.5. The quantitative estimate of drug-likeness (QED) is 0.263. The van der Waals surface area contributed by atoms with E-state index in [0.29, 0.717) is 6.42 Å². The van der Waals surface area contributed by atoms with Gasteiger partial charge in [-0.3, -0.25) is 24.0 Å². The molecule has 0 aliphatic heterocycles. The lowest BCUT2D eigenvalue weighted by molar-refractivity contribution is -0.168. The highest BCUT2D eigenvalue weighted by Gasteiger charge is 2.61. The summed E-state index contributed by atoms with van der Waals surface area (Å²) < 4.78 is 23.4. The van der Waals surface area contributed by atoms with Gasteiger partial charge in [0.25, 0.3) is 0 Å². The van der Waals surface area contributed by atoms with Crippen molar-refractivity contribution in [3.8, 4) is 0 Å². The van der Waals surface area contributed by atoms with E-state index in [4.69, 9.17) is 18.9 Å². The van der Waals surface area contributed by atoms with Crippen molar-refractivity contribution < 1.29 is 42.9 Å². The van der Waals surface area contributed by atoms with Gasteiger partial charge < -0.3 is 18.9 Å². The summed E-state index contributed by atoms with van der Waals surface area (Å²) >= 11 is 0. The number of fused-ring (bicyclic) bond motifs is 1. The van der Waals surface area contributed by atoms with Crippen molar-refractivity contribution in [2.24, 2.45) is 34.5 Å². The number of hydrogen-bond acceptors (Lipinski definition) is 9. The number of rotatable bonds is 6. The van der Waals surface area contributed by atoms with E-state index in [1.807, 2.05) is 20.8 Å². The fraction of sp³-hybridized carbons (Fsp3) is 0.710. The van der Waals surface area contributed by atoms with Gasteiger partial charge in [0.05, 0.1) is 6.61 Å². The molecule has 0 aromatic carbocycles. The molecule has 0 saturated heterocycles. The number of allylic oxidation sites excluding steroid dienone is 2. The molecule has 2 aliphatic rings. The van der Waals surface area contributed by atoms with Crippen LogP contribution in [0.5, 0.6) is 0 Å². The molecule has 0 amide bonds. The van der Waals surface area contributed by atoms with Crippen LogP contribution in [0, 0.1) is 34.5 Å². The Balaban J connectivity index is 2.92. The Hall–Kier alpha value is -2.81. The number of carbonyl (C=O) groups is 5. The zero-order chi connectivity index (χ0) is 30.7. The van der Waals surface area contributed by atoms with Crippen LogP contribution in [0.15, 0.2) is 24.3 Å². The highest BCUT2D eigenvalue weighted by Crippen LogP contribution is 2.53. The lowest BCUT2D eigenvalue weighted by atomic mass is 9.67. The minimum absolute atomic E-state index is 0.0494. The Morgan fingerprint density at radius 2 is 1.43 bits per heavy atom. The largest absolute Gasteiger partial charge is 0.462 e. The van der Waals surface area contributed by atoms with Crippen LogP contribution in [0.3, 0.4) is 0 Å². The molecular formula is C31H46O9. The van der Waals surface area contributed by atoms with E-state index < -0.39 is 70.8 Å². The fourth-order valence-electron chi connectivity index (χ4n) is 6.06. The molecular weight excluding hydrogens is 516 g/mol. The average Bonchev–Trinajstić information content (AvgIpc) is 3.07. The van der Waals surface area contributed by atoms with Gasteiger partial charge in [0, 0.05) is 49.0 Å². The molecule has 1 fully saturated rings. The van der Waals surface area contributed by atoms with Crippen LogP contribution < -0.4 is 0 Å². The number of esters is 3. The van der Waals surface area contributed by atoms with Crippen LogP contribution in [0.4, 0.5) is 0 Å².